The molecular formula is C24H32N2O4. The SMILES string of the molecule is COc1ccccc1O[C@@H]1C[C@@H]2CN(Cc3ncc(C)c(OC)c3C)C[C@@H]2C[C@H]1O. The summed E-state index contributed by atoms with van der Waals surface area (Å²) in [5.74, 6) is 3.34. The zero-order valence-electron chi connectivity index (χ0n) is 18.3. The van der Waals surface area contributed by atoms with Crippen molar-refractivity contribution in [3.05, 3.63) is 47.3 Å². The normalized spacial score (nSPS) is 26.3. The number of ether oxygens (including phenoxy) is 3. The highest BCUT2D eigenvalue weighted by Crippen LogP contribution is 2.40. The lowest BCUT2D eigenvalue weighted by Gasteiger charge is -2.35. The molecule has 4 atom stereocenters. The second kappa shape index (κ2) is 8.82. The quantitative estimate of drug-likeness (QED) is 0.785. The van der Waals surface area contributed by atoms with Crippen molar-refractivity contribution in [1.29, 1.82) is 0 Å². The van der Waals surface area contributed by atoms with E-state index in [4.69, 9.17) is 14.2 Å². The van der Waals surface area contributed by atoms with Crippen molar-refractivity contribution in [2.75, 3.05) is 27.3 Å². The van der Waals surface area contributed by atoms with Gasteiger partial charge in [0, 0.05) is 37.0 Å². The summed E-state index contributed by atoms with van der Waals surface area (Å²) in [6, 6.07) is 7.63. The maximum atomic E-state index is 10.7. The Morgan fingerprint density at radius 1 is 1.03 bits per heavy atom. The molecular weight excluding hydrogens is 380 g/mol. The van der Waals surface area contributed by atoms with E-state index in [1.54, 1.807) is 14.2 Å². The summed E-state index contributed by atoms with van der Waals surface area (Å²) in [7, 11) is 3.35. The Morgan fingerprint density at radius 3 is 2.43 bits per heavy atom. The molecule has 6 heteroatoms. The van der Waals surface area contributed by atoms with Crippen LogP contribution >= 0.6 is 0 Å². The number of hydrogen-bond donors (Lipinski definition) is 1. The largest absolute Gasteiger partial charge is 0.496 e. The Balaban J connectivity index is 1.42. The van der Waals surface area contributed by atoms with Crippen molar-refractivity contribution in [2.45, 2.75) is 45.4 Å². The van der Waals surface area contributed by atoms with Crippen molar-refractivity contribution in [2.24, 2.45) is 11.8 Å². The summed E-state index contributed by atoms with van der Waals surface area (Å²) in [4.78, 5) is 7.12. The first-order chi connectivity index (χ1) is 14.5. The summed E-state index contributed by atoms with van der Waals surface area (Å²) >= 11 is 0. The molecule has 2 heterocycles. The third-order valence-electron chi connectivity index (χ3n) is 6.63. The Hall–Kier alpha value is -2.31. The smallest absolute Gasteiger partial charge is 0.161 e. The Morgan fingerprint density at radius 2 is 1.73 bits per heavy atom. The van der Waals surface area contributed by atoms with E-state index >= 15 is 0 Å². The number of pyridine rings is 1. The number of aliphatic hydroxyl groups is 1. The maximum absolute atomic E-state index is 10.7. The third kappa shape index (κ3) is 4.12. The lowest BCUT2D eigenvalue weighted by molar-refractivity contribution is -0.0240. The van der Waals surface area contributed by atoms with Crippen LogP contribution in [-0.4, -0.2) is 54.5 Å². The van der Waals surface area contributed by atoms with Crippen LogP contribution in [-0.2, 0) is 6.54 Å². The van der Waals surface area contributed by atoms with Crippen molar-refractivity contribution in [1.82, 2.24) is 9.88 Å². The summed E-state index contributed by atoms with van der Waals surface area (Å²) < 4.78 is 17.2. The van der Waals surface area contributed by atoms with Gasteiger partial charge in [-0.15, -0.1) is 0 Å². The number of likely N-dealkylation sites (tertiary alicyclic amines) is 1. The number of rotatable bonds is 6. The lowest BCUT2D eigenvalue weighted by atomic mass is 9.78. The molecule has 1 aliphatic carbocycles. The van der Waals surface area contributed by atoms with E-state index in [0.717, 1.165) is 55.0 Å². The van der Waals surface area contributed by atoms with Gasteiger partial charge in [-0.1, -0.05) is 12.1 Å². The summed E-state index contributed by atoms with van der Waals surface area (Å²) in [6.45, 7) is 6.90. The molecule has 4 rings (SSSR count). The summed E-state index contributed by atoms with van der Waals surface area (Å²) in [5.41, 5.74) is 3.25. The van der Waals surface area contributed by atoms with Gasteiger partial charge in [-0.05, 0) is 50.7 Å². The molecule has 30 heavy (non-hydrogen) atoms. The topological polar surface area (TPSA) is 64.1 Å². The van der Waals surface area contributed by atoms with Crippen LogP contribution in [0.2, 0.25) is 0 Å². The minimum absolute atomic E-state index is 0.207. The number of nitrogens with zero attached hydrogens (tertiary/aromatic N) is 2. The highest BCUT2D eigenvalue weighted by atomic mass is 16.5. The van der Waals surface area contributed by atoms with E-state index < -0.39 is 6.10 Å². The molecule has 2 fully saturated rings. The number of methoxy groups -OCH3 is 2. The molecule has 0 spiro atoms. The Kier molecular flexibility index (Phi) is 6.16. The highest BCUT2D eigenvalue weighted by Gasteiger charge is 2.43. The molecule has 2 aliphatic rings. The molecule has 1 N–H and O–H groups in total. The van der Waals surface area contributed by atoms with Crippen LogP contribution in [0.3, 0.4) is 0 Å². The number of aromatic nitrogens is 1. The molecule has 162 valence electrons. The van der Waals surface area contributed by atoms with Crippen LogP contribution in [0.1, 0.15) is 29.7 Å². The fourth-order valence-electron chi connectivity index (χ4n) is 5.06. The molecule has 1 aliphatic heterocycles. The Bertz CT molecular complexity index is 888. The van der Waals surface area contributed by atoms with Gasteiger partial charge < -0.3 is 19.3 Å². The van der Waals surface area contributed by atoms with E-state index in [2.05, 4.69) is 16.8 Å². The van der Waals surface area contributed by atoms with Gasteiger partial charge in [-0.2, -0.15) is 0 Å². The predicted octanol–water partition coefficient (Wildman–Crippen LogP) is 3.37. The van der Waals surface area contributed by atoms with Crippen LogP contribution in [0.5, 0.6) is 17.2 Å². The predicted molar refractivity (Wildman–Crippen MR) is 115 cm³/mol. The van der Waals surface area contributed by atoms with Gasteiger partial charge in [-0.25, -0.2) is 0 Å². The van der Waals surface area contributed by atoms with E-state index in [0.29, 0.717) is 23.3 Å². The van der Waals surface area contributed by atoms with E-state index in [1.165, 1.54) is 0 Å². The monoisotopic (exact) mass is 412 g/mol. The van der Waals surface area contributed by atoms with Gasteiger partial charge in [0.2, 0.25) is 0 Å². The maximum Gasteiger partial charge on any atom is 0.161 e. The molecule has 6 nitrogen and oxygen atoms in total. The van der Waals surface area contributed by atoms with Gasteiger partial charge in [0.15, 0.2) is 11.5 Å². The van der Waals surface area contributed by atoms with Crippen LogP contribution < -0.4 is 14.2 Å². The molecule has 1 aromatic carbocycles. The Labute approximate surface area is 178 Å². The fourth-order valence-corrected chi connectivity index (χ4v) is 5.06. The number of aliphatic hydroxyl groups excluding tert-OH is 1. The summed E-state index contributed by atoms with van der Waals surface area (Å²) in [6.07, 6.45) is 2.84. The van der Waals surface area contributed by atoms with Crippen molar-refractivity contribution in [3.63, 3.8) is 0 Å². The zero-order valence-corrected chi connectivity index (χ0v) is 18.3. The number of hydrogen-bond acceptors (Lipinski definition) is 6. The third-order valence-corrected chi connectivity index (χ3v) is 6.63. The lowest BCUT2D eigenvalue weighted by Crippen LogP contribution is -2.42. The molecule has 1 aromatic heterocycles. The molecule has 0 radical (unpaired) electrons. The molecule has 0 unspecified atom stereocenters. The van der Waals surface area contributed by atoms with Gasteiger partial charge >= 0.3 is 0 Å². The van der Waals surface area contributed by atoms with E-state index in [-0.39, 0.29) is 6.10 Å². The van der Waals surface area contributed by atoms with Crippen molar-refractivity contribution >= 4 is 0 Å². The van der Waals surface area contributed by atoms with Crippen LogP contribution in [0.25, 0.3) is 0 Å². The zero-order chi connectivity index (χ0) is 21.3. The first-order valence-corrected chi connectivity index (χ1v) is 10.7. The highest BCUT2D eigenvalue weighted by molar-refractivity contribution is 5.41. The number of fused-ring (bicyclic) bond motifs is 1. The average Bonchev–Trinajstić information content (AvgIpc) is 3.12. The van der Waals surface area contributed by atoms with Crippen molar-refractivity contribution in [3.8, 4) is 17.2 Å². The van der Waals surface area contributed by atoms with Crippen LogP contribution in [0.15, 0.2) is 30.5 Å². The number of para-hydroxylation sites is 2. The van der Waals surface area contributed by atoms with Gasteiger partial charge in [0.25, 0.3) is 0 Å². The van der Waals surface area contributed by atoms with Gasteiger partial charge in [0.1, 0.15) is 11.9 Å². The molecule has 2 aromatic rings. The molecule has 1 saturated heterocycles. The second-order valence-electron chi connectivity index (χ2n) is 8.61. The van der Waals surface area contributed by atoms with E-state index in [1.807, 2.05) is 37.4 Å². The van der Waals surface area contributed by atoms with Crippen molar-refractivity contribution < 1.29 is 19.3 Å². The van der Waals surface area contributed by atoms with Crippen LogP contribution in [0.4, 0.5) is 0 Å². The first kappa shape index (κ1) is 20.9. The van der Waals surface area contributed by atoms with Gasteiger partial charge in [-0.3, -0.25) is 9.88 Å². The van der Waals surface area contributed by atoms with Gasteiger partial charge in [0.05, 0.1) is 26.0 Å². The number of aryl methyl sites for hydroxylation is 1. The number of benzene rings is 1. The second-order valence-corrected chi connectivity index (χ2v) is 8.61. The minimum atomic E-state index is -0.463. The first-order valence-electron chi connectivity index (χ1n) is 10.7. The molecule has 0 bridgehead atoms. The average molecular weight is 413 g/mol. The standard InChI is InChI=1S/C24H32N2O4/c1-15-11-25-19(16(2)24(15)29-4)14-26-12-17-9-20(27)23(10-18(17)13-26)30-22-8-6-5-7-21(22)28-3/h5-8,11,17-18,20,23,27H,9-10,12-14H2,1-4H3/t17-,18+,20+,23+/m0/s1. The molecule has 1 saturated carbocycles. The van der Waals surface area contributed by atoms with E-state index in [9.17, 15) is 5.11 Å². The fraction of sp³-hybridized carbons (Fsp3) is 0.542. The summed E-state index contributed by atoms with van der Waals surface area (Å²) in [5, 5.41) is 10.7. The van der Waals surface area contributed by atoms with Crippen LogP contribution in [0, 0.1) is 25.7 Å². The minimum Gasteiger partial charge on any atom is -0.496 e. The molecule has 0 amide bonds.